The van der Waals surface area contributed by atoms with Gasteiger partial charge in [-0.1, -0.05) is 24.4 Å². The molecule has 0 unspecified atom stereocenters. The van der Waals surface area contributed by atoms with Crippen molar-refractivity contribution in [1.29, 1.82) is 0 Å². The van der Waals surface area contributed by atoms with Gasteiger partial charge < -0.3 is 5.32 Å². The van der Waals surface area contributed by atoms with E-state index in [-0.39, 0.29) is 23.4 Å². The fourth-order valence-electron chi connectivity index (χ4n) is 2.61. The SMILES string of the molecule is O=C(N[C@@H]1CCCC[C@@H]1C(F)(F)F)c1cc(Cl)ccc1F. The van der Waals surface area contributed by atoms with Crippen molar-refractivity contribution in [2.75, 3.05) is 0 Å². The van der Waals surface area contributed by atoms with Gasteiger partial charge >= 0.3 is 6.18 Å². The lowest BCUT2D eigenvalue weighted by atomic mass is 9.84. The third-order valence-electron chi connectivity index (χ3n) is 3.68. The highest BCUT2D eigenvalue weighted by Gasteiger charge is 2.46. The van der Waals surface area contributed by atoms with E-state index in [0.29, 0.717) is 12.8 Å². The number of hydrogen-bond acceptors (Lipinski definition) is 1. The summed E-state index contributed by atoms with van der Waals surface area (Å²) in [6.07, 6.45) is -3.08. The van der Waals surface area contributed by atoms with Crippen molar-refractivity contribution in [3.05, 3.63) is 34.6 Å². The van der Waals surface area contributed by atoms with Crippen molar-refractivity contribution in [3.8, 4) is 0 Å². The quantitative estimate of drug-likeness (QED) is 0.806. The van der Waals surface area contributed by atoms with Crippen LogP contribution in [0.5, 0.6) is 0 Å². The first-order valence-corrected chi connectivity index (χ1v) is 6.99. The topological polar surface area (TPSA) is 29.1 Å². The van der Waals surface area contributed by atoms with Gasteiger partial charge in [-0.05, 0) is 31.0 Å². The van der Waals surface area contributed by atoms with Gasteiger partial charge in [-0.25, -0.2) is 4.39 Å². The summed E-state index contributed by atoms with van der Waals surface area (Å²) in [4.78, 5) is 12.0. The second-order valence-electron chi connectivity index (χ2n) is 5.14. The van der Waals surface area contributed by atoms with Gasteiger partial charge in [0, 0.05) is 11.1 Å². The molecule has 0 aromatic heterocycles. The van der Waals surface area contributed by atoms with Crippen molar-refractivity contribution in [3.63, 3.8) is 0 Å². The molecule has 21 heavy (non-hydrogen) atoms. The standard InChI is InChI=1S/C14H14ClF4NO/c15-8-5-6-11(16)9(7-8)13(21)20-12-4-2-1-3-10(12)14(17,18)19/h5-7,10,12H,1-4H2,(H,20,21)/t10-,12+/m0/s1. The Kier molecular flexibility index (Phi) is 4.76. The number of alkyl halides is 3. The maximum Gasteiger partial charge on any atom is 0.393 e. The van der Waals surface area contributed by atoms with Crippen molar-refractivity contribution in [2.45, 2.75) is 37.9 Å². The average molecular weight is 324 g/mol. The number of carbonyl (C=O) groups excluding carboxylic acids is 1. The fourth-order valence-corrected chi connectivity index (χ4v) is 2.79. The third-order valence-corrected chi connectivity index (χ3v) is 3.91. The Balaban J connectivity index is 2.15. The van der Waals surface area contributed by atoms with E-state index < -0.39 is 29.9 Å². The Labute approximate surface area is 124 Å². The zero-order valence-electron chi connectivity index (χ0n) is 11.0. The minimum absolute atomic E-state index is 0.0214. The highest BCUT2D eigenvalue weighted by atomic mass is 35.5. The molecule has 1 amide bonds. The molecule has 1 aliphatic rings. The Bertz CT molecular complexity index is 532. The molecule has 0 saturated heterocycles. The number of halogens is 5. The summed E-state index contributed by atoms with van der Waals surface area (Å²) in [7, 11) is 0. The average Bonchev–Trinajstić information content (AvgIpc) is 2.41. The molecule has 0 bridgehead atoms. The van der Waals surface area contributed by atoms with Crippen LogP contribution in [0, 0.1) is 11.7 Å². The maximum atomic E-state index is 13.6. The van der Waals surface area contributed by atoms with Crippen molar-refractivity contribution in [1.82, 2.24) is 5.32 Å². The molecule has 1 N–H and O–H groups in total. The summed E-state index contributed by atoms with van der Waals surface area (Å²) < 4.78 is 52.4. The molecule has 0 heterocycles. The lowest BCUT2D eigenvalue weighted by molar-refractivity contribution is -0.187. The molecule has 1 aromatic carbocycles. The zero-order valence-corrected chi connectivity index (χ0v) is 11.8. The van der Waals surface area contributed by atoms with E-state index in [9.17, 15) is 22.4 Å². The normalized spacial score (nSPS) is 22.9. The van der Waals surface area contributed by atoms with Crippen LogP contribution in [0.2, 0.25) is 5.02 Å². The van der Waals surface area contributed by atoms with Gasteiger partial charge in [-0.15, -0.1) is 0 Å². The van der Waals surface area contributed by atoms with E-state index in [1.165, 1.54) is 6.07 Å². The van der Waals surface area contributed by atoms with Crippen LogP contribution in [-0.4, -0.2) is 18.1 Å². The molecule has 1 aromatic rings. The summed E-state index contributed by atoms with van der Waals surface area (Å²) >= 11 is 5.68. The molecule has 1 aliphatic carbocycles. The highest BCUT2D eigenvalue weighted by molar-refractivity contribution is 6.31. The lowest BCUT2D eigenvalue weighted by Gasteiger charge is -2.33. The van der Waals surface area contributed by atoms with E-state index >= 15 is 0 Å². The number of amides is 1. The van der Waals surface area contributed by atoms with Gasteiger partial charge in [-0.2, -0.15) is 13.2 Å². The fraction of sp³-hybridized carbons (Fsp3) is 0.500. The summed E-state index contributed by atoms with van der Waals surface area (Å²) in [6.45, 7) is 0. The van der Waals surface area contributed by atoms with Gasteiger partial charge in [0.25, 0.3) is 5.91 Å². The third kappa shape index (κ3) is 3.87. The second kappa shape index (κ2) is 6.22. The number of rotatable bonds is 2. The molecule has 1 fully saturated rings. The summed E-state index contributed by atoms with van der Waals surface area (Å²) in [5.41, 5.74) is -0.339. The highest BCUT2D eigenvalue weighted by Crippen LogP contribution is 2.37. The molecule has 2 atom stereocenters. The van der Waals surface area contributed by atoms with Crippen LogP contribution >= 0.6 is 11.6 Å². The Morgan fingerprint density at radius 1 is 1.24 bits per heavy atom. The monoisotopic (exact) mass is 323 g/mol. The maximum absolute atomic E-state index is 13.6. The Morgan fingerprint density at radius 2 is 1.90 bits per heavy atom. The molecule has 116 valence electrons. The van der Waals surface area contributed by atoms with Gasteiger partial charge in [0.15, 0.2) is 0 Å². The summed E-state index contributed by atoms with van der Waals surface area (Å²) in [6, 6.07) is 2.37. The van der Waals surface area contributed by atoms with E-state index in [1.54, 1.807) is 0 Å². The van der Waals surface area contributed by atoms with Crippen LogP contribution in [-0.2, 0) is 0 Å². The first kappa shape index (κ1) is 16.1. The molecular formula is C14H14ClF4NO. The number of hydrogen-bond donors (Lipinski definition) is 1. The van der Waals surface area contributed by atoms with E-state index in [4.69, 9.17) is 11.6 Å². The molecular weight excluding hydrogens is 310 g/mol. The van der Waals surface area contributed by atoms with Crippen molar-refractivity contribution < 1.29 is 22.4 Å². The van der Waals surface area contributed by atoms with Gasteiger partial charge in [0.1, 0.15) is 5.82 Å². The Morgan fingerprint density at radius 3 is 2.57 bits per heavy atom. The molecule has 7 heteroatoms. The molecule has 1 saturated carbocycles. The van der Waals surface area contributed by atoms with Crippen LogP contribution < -0.4 is 5.32 Å². The zero-order chi connectivity index (χ0) is 15.6. The first-order valence-electron chi connectivity index (χ1n) is 6.61. The van der Waals surface area contributed by atoms with Crippen LogP contribution in [0.1, 0.15) is 36.0 Å². The predicted molar refractivity (Wildman–Crippen MR) is 70.7 cm³/mol. The van der Waals surface area contributed by atoms with Gasteiger partial charge in [0.05, 0.1) is 11.5 Å². The van der Waals surface area contributed by atoms with E-state index in [1.807, 2.05) is 0 Å². The van der Waals surface area contributed by atoms with Crippen LogP contribution in [0.4, 0.5) is 17.6 Å². The Hall–Kier alpha value is -1.30. The van der Waals surface area contributed by atoms with Gasteiger partial charge in [0.2, 0.25) is 0 Å². The predicted octanol–water partition coefficient (Wildman–Crippen LogP) is 4.33. The van der Waals surface area contributed by atoms with E-state index in [2.05, 4.69) is 5.32 Å². The molecule has 0 radical (unpaired) electrons. The molecule has 2 nitrogen and oxygen atoms in total. The van der Waals surface area contributed by atoms with E-state index in [0.717, 1.165) is 12.1 Å². The lowest BCUT2D eigenvalue weighted by Crippen LogP contribution is -2.47. The summed E-state index contributed by atoms with van der Waals surface area (Å²) in [5.74, 6) is -3.26. The van der Waals surface area contributed by atoms with Gasteiger partial charge in [-0.3, -0.25) is 4.79 Å². The van der Waals surface area contributed by atoms with Crippen molar-refractivity contribution >= 4 is 17.5 Å². The minimum Gasteiger partial charge on any atom is -0.349 e. The van der Waals surface area contributed by atoms with Crippen LogP contribution in [0.15, 0.2) is 18.2 Å². The largest absolute Gasteiger partial charge is 0.393 e. The van der Waals surface area contributed by atoms with Crippen LogP contribution in [0.3, 0.4) is 0 Å². The first-order chi connectivity index (χ1) is 9.79. The number of benzene rings is 1. The number of carbonyl (C=O) groups is 1. The van der Waals surface area contributed by atoms with Crippen LogP contribution in [0.25, 0.3) is 0 Å². The summed E-state index contributed by atoms with van der Waals surface area (Å²) in [5, 5.41) is 2.45. The molecule has 2 rings (SSSR count). The molecule has 0 aliphatic heterocycles. The minimum atomic E-state index is -4.37. The number of nitrogens with one attached hydrogen (secondary N) is 1. The molecule has 0 spiro atoms. The van der Waals surface area contributed by atoms with Crippen molar-refractivity contribution in [2.24, 2.45) is 5.92 Å². The smallest absolute Gasteiger partial charge is 0.349 e. The second-order valence-corrected chi connectivity index (χ2v) is 5.57.